The van der Waals surface area contributed by atoms with Crippen molar-refractivity contribution in [1.82, 2.24) is 5.32 Å². The van der Waals surface area contributed by atoms with E-state index in [9.17, 15) is 9.59 Å². The number of benzene rings is 1. The highest BCUT2D eigenvalue weighted by atomic mass is 16.5. The van der Waals surface area contributed by atoms with E-state index in [0.717, 1.165) is 11.3 Å². The molecule has 2 atom stereocenters. The van der Waals surface area contributed by atoms with Crippen LogP contribution in [0.1, 0.15) is 31.2 Å². The van der Waals surface area contributed by atoms with Crippen molar-refractivity contribution in [3.63, 3.8) is 0 Å². The van der Waals surface area contributed by atoms with E-state index in [1.807, 2.05) is 25.1 Å². The van der Waals surface area contributed by atoms with Crippen LogP contribution in [-0.4, -0.2) is 33.1 Å². The molecule has 0 spiro atoms. The number of esters is 1. The van der Waals surface area contributed by atoms with Crippen molar-refractivity contribution in [3.8, 4) is 11.5 Å². The van der Waals surface area contributed by atoms with Crippen LogP contribution in [0.4, 0.5) is 0 Å². The van der Waals surface area contributed by atoms with Gasteiger partial charge in [0.05, 0.1) is 32.8 Å². The Balaban J connectivity index is 2.27. The van der Waals surface area contributed by atoms with Gasteiger partial charge < -0.3 is 19.5 Å². The van der Waals surface area contributed by atoms with Gasteiger partial charge in [0.1, 0.15) is 5.78 Å². The van der Waals surface area contributed by atoms with E-state index in [1.165, 1.54) is 7.11 Å². The summed E-state index contributed by atoms with van der Waals surface area (Å²) >= 11 is 0. The van der Waals surface area contributed by atoms with Crippen molar-refractivity contribution in [3.05, 3.63) is 46.8 Å². The molecule has 0 bridgehead atoms. The minimum Gasteiger partial charge on any atom is -0.493 e. The van der Waals surface area contributed by atoms with E-state index >= 15 is 0 Å². The number of allylic oxidation sites excluding steroid dienone is 3. The predicted molar refractivity (Wildman–Crippen MR) is 96.0 cm³/mol. The van der Waals surface area contributed by atoms with E-state index in [0.29, 0.717) is 35.6 Å². The summed E-state index contributed by atoms with van der Waals surface area (Å²) in [5.74, 6) is -0.246. The van der Waals surface area contributed by atoms with Gasteiger partial charge in [0, 0.05) is 29.3 Å². The van der Waals surface area contributed by atoms with Gasteiger partial charge in [-0.1, -0.05) is 18.2 Å². The highest BCUT2D eigenvalue weighted by Crippen LogP contribution is 2.48. The zero-order valence-electron chi connectivity index (χ0n) is 15.4. The molecule has 1 N–H and O–H groups in total. The number of ketones is 1. The molecule has 0 aromatic heterocycles. The van der Waals surface area contributed by atoms with E-state index in [1.54, 1.807) is 20.3 Å². The molecule has 26 heavy (non-hydrogen) atoms. The highest BCUT2D eigenvalue weighted by molar-refractivity contribution is 5.96. The summed E-state index contributed by atoms with van der Waals surface area (Å²) in [6.07, 6.45) is 3.18. The first-order valence-electron chi connectivity index (χ1n) is 8.53. The van der Waals surface area contributed by atoms with Gasteiger partial charge in [-0.15, -0.1) is 0 Å². The number of methoxy groups -OCH3 is 3. The van der Waals surface area contributed by atoms with E-state index in [2.05, 4.69) is 5.32 Å². The second-order valence-corrected chi connectivity index (χ2v) is 6.36. The molecule has 138 valence electrons. The lowest BCUT2D eigenvalue weighted by Crippen LogP contribution is -2.40. The number of ether oxygens (including phenoxy) is 3. The van der Waals surface area contributed by atoms with Gasteiger partial charge in [-0.05, 0) is 19.4 Å². The molecule has 0 radical (unpaired) electrons. The number of hydrogen-bond donors (Lipinski definition) is 1. The van der Waals surface area contributed by atoms with Gasteiger partial charge in [-0.3, -0.25) is 4.79 Å². The van der Waals surface area contributed by atoms with Crippen LogP contribution >= 0.6 is 0 Å². The summed E-state index contributed by atoms with van der Waals surface area (Å²) in [6.45, 7) is 1.82. The number of fused-ring (bicyclic) bond motifs is 1. The molecule has 1 aliphatic carbocycles. The zero-order chi connectivity index (χ0) is 18.8. The summed E-state index contributed by atoms with van der Waals surface area (Å²) in [5.41, 5.74) is 2.70. The number of carbonyl (C=O) groups excluding carboxylic acids is 2. The smallest absolute Gasteiger partial charge is 0.336 e. The standard InChI is InChI=1S/C20H23NO5/c1-11-16(20(23)26-4)17(18-13(21-11)8-6-9-14(18)22)12-7-5-10-15(24-2)19(12)25-3/h5,7-8,10,17-18,21H,6,9H2,1-4H3. The second-order valence-electron chi connectivity index (χ2n) is 6.36. The molecule has 1 aromatic carbocycles. The van der Waals surface area contributed by atoms with Crippen LogP contribution in [0.3, 0.4) is 0 Å². The minimum atomic E-state index is -0.493. The second kappa shape index (κ2) is 7.23. The normalized spacial score (nSPS) is 22.2. The Bertz CT molecular complexity index is 808. The largest absolute Gasteiger partial charge is 0.493 e. The fraction of sp³-hybridized carbons (Fsp3) is 0.400. The van der Waals surface area contributed by atoms with E-state index in [4.69, 9.17) is 14.2 Å². The topological polar surface area (TPSA) is 73.9 Å². The number of para-hydroxylation sites is 1. The first-order chi connectivity index (χ1) is 12.5. The van der Waals surface area contributed by atoms with Crippen LogP contribution in [0.25, 0.3) is 0 Å². The predicted octanol–water partition coefficient (Wildman–Crippen LogP) is 2.70. The average Bonchev–Trinajstić information content (AvgIpc) is 2.65. The summed E-state index contributed by atoms with van der Waals surface area (Å²) < 4.78 is 16.0. The average molecular weight is 357 g/mol. The van der Waals surface area contributed by atoms with Crippen molar-refractivity contribution < 1.29 is 23.8 Å². The Hall–Kier alpha value is -2.76. The fourth-order valence-corrected chi connectivity index (χ4v) is 3.89. The molecular weight excluding hydrogens is 334 g/mol. The van der Waals surface area contributed by atoms with Crippen molar-refractivity contribution >= 4 is 11.8 Å². The number of Topliss-reactive ketones (excluding diaryl/α,β-unsaturated/α-hetero) is 1. The lowest BCUT2D eigenvalue weighted by molar-refractivity contribution is -0.136. The Morgan fingerprint density at radius 3 is 2.58 bits per heavy atom. The molecule has 0 fully saturated rings. The van der Waals surface area contributed by atoms with Crippen LogP contribution in [0.2, 0.25) is 0 Å². The third-order valence-corrected chi connectivity index (χ3v) is 4.99. The maximum atomic E-state index is 12.8. The summed E-state index contributed by atoms with van der Waals surface area (Å²) in [7, 11) is 4.45. The SMILES string of the molecule is COC(=O)C1=C(C)NC2=CCCC(=O)C2C1c1cccc(OC)c1OC. The van der Waals surface area contributed by atoms with Gasteiger partial charge >= 0.3 is 5.97 Å². The van der Waals surface area contributed by atoms with Gasteiger partial charge in [0.25, 0.3) is 0 Å². The Morgan fingerprint density at radius 2 is 1.92 bits per heavy atom. The molecule has 0 saturated carbocycles. The number of hydrogen-bond acceptors (Lipinski definition) is 6. The highest BCUT2D eigenvalue weighted by Gasteiger charge is 2.44. The van der Waals surface area contributed by atoms with Crippen molar-refractivity contribution in [2.45, 2.75) is 25.7 Å². The molecule has 2 aliphatic rings. The van der Waals surface area contributed by atoms with Crippen LogP contribution in [-0.2, 0) is 14.3 Å². The third kappa shape index (κ3) is 2.85. The first-order valence-corrected chi connectivity index (χ1v) is 8.53. The van der Waals surface area contributed by atoms with Crippen molar-refractivity contribution in [2.75, 3.05) is 21.3 Å². The lowest BCUT2D eigenvalue weighted by atomic mass is 9.70. The van der Waals surface area contributed by atoms with Crippen molar-refractivity contribution in [2.24, 2.45) is 5.92 Å². The van der Waals surface area contributed by atoms with E-state index in [-0.39, 0.29) is 5.78 Å². The molecule has 2 unspecified atom stereocenters. The van der Waals surface area contributed by atoms with Gasteiger partial charge in [-0.25, -0.2) is 4.79 Å². The molecule has 1 aliphatic heterocycles. The quantitative estimate of drug-likeness (QED) is 0.835. The first kappa shape index (κ1) is 18.0. The Labute approximate surface area is 152 Å². The Morgan fingerprint density at radius 1 is 1.15 bits per heavy atom. The molecule has 1 aromatic rings. The fourth-order valence-electron chi connectivity index (χ4n) is 3.89. The van der Waals surface area contributed by atoms with Crippen LogP contribution in [0.5, 0.6) is 11.5 Å². The molecular formula is C20H23NO5. The summed E-state index contributed by atoms with van der Waals surface area (Å²) in [5, 5.41) is 3.23. The number of carbonyl (C=O) groups is 2. The molecule has 6 heteroatoms. The summed E-state index contributed by atoms with van der Waals surface area (Å²) in [6, 6.07) is 5.49. The maximum Gasteiger partial charge on any atom is 0.336 e. The van der Waals surface area contributed by atoms with Crippen molar-refractivity contribution in [1.29, 1.82) is 0 Å². The lowest BCUT2D eigenvalue weighted by Gasteiger charge is -2.38. The summed E-state index contributed by atoms with van der Waals surface area (Å²) in [4.78, 5) is 25.4. The maximum absolute atomic E-state index is 12.8. The van der Waals surface area contributed by atoms with Gasteiger partial charge in [0.2, 0.25) is 0 Å². The van der Waals surface area contributed by atoms with Gasteiger partial charge in [-0.2, -0.15) is 0 Å². The number of rotatable bonds is 4. The molecule has 0 amide bonds. The van der Waals surface area contributed by atoms with Gasteiger partial charge in [0.15, 0.2) is 11.5 Å². The number of nitrogens with one attached hydrogen (secondary N) is 1. The van der Waals surface area contributed by atoms with Crippen LogP contribution in [0.15, 0.2) is 41.2 Å². The molecule has 0 saturated heterocycles. The Kier molecular flexibility index (Phi) is 5.02. The third-order valence-electron chi connectivity index (χ3n) is 4.99. The van der Waals surface area contributed by atoms with Crippen LogP contribution < -0.4 is 14.8 Å². The monoisotopic (exact) mass is 357 g/mol. The van der Waals surface area contributed by atoms with Crippen LogP contribution in [0, 0.1) is 5.92 Å². The molecule has 1 heterocycles. The minimum absolute atomic E-state index is 0.0961. The van der Waals surface area contributed by atoms with E-state index < -0.39 is 17.8 Å². The zero-order valence-corrected chi connectivity index (χ0v) is 15.4. The molecule has 6 nitrogen and oxygen atoms in total. The molecule has 3 rings (SSSR count).